The van der Waals surface area contributed by atoms with Gasteiger partial charge in [-0.3, -0.25) is 0 Å². The number of aromatic nitrogens is 3. The van der Waals surface area contributed by atoms with Gasteiger partial charge in [0.1, 0.15) is 5.82 Å². The number of anilines is 1. The van der Waals surface area contributed by atoms with Gasteiger partial charge in [-0.15, -0.1) is 0 Å². The zero-order chi connectivity index (χ0) is 12.0. The van der Waals surface area contributed by atoms with Crippen LogP contribution < -0.4 is 5.73 Å². The molecule has 0 saturated heterocycles. The van der Waals surface area contributed by atoms with Gasteiger partial charge in [0.15, 0.2) is 11.6 Å². The Balaban J connectivity index is 2.36. The van der Waals surface area contributed by atoms with E-state index in [0.29, 0.717) is 11.6 Å². The van der Waals surface area contributed by atoms with Crippen LogP contribution in [0.3, 0.4) is 0 Å². The molecular weight excluding hydrogens is 216 g/mol. The second kappa shape index (κ2) is 3.35. The summed E-state index contributed by atoms with van der Waals surface area (Å²) in [6.45, 7) is 1.97. The van der Waals surface area contributed by atoms with E-state index in [-0.39, 0.29) is 0 Å². The standard InChI is InChI=1S/C12H12N4O/c1-7-14-9-5-3-4-8(12(9)16(7)2)10-6-11(13)15-17-10/h3-6H,1-2H3,(H2,13,15). The number of nitrogens with two attached hydrogens (primary N) is 1. The van der Waals surface area contributed by atoms with Crippen LogP contribution in [0, 0.1) is 6.92 Å². The predicted molar refractivity (Wildman–Crippen MR) is 65.4 cm³/mol. The summed E-state index contributed by atoms with van der Waals surface area (Å²) in [5.74, 6) is 2.01. The van der Waals surface area contributed by atoms with Crippen molar-refractivity contribution in [3.05, 3.63) is 30.1 Å². The van der Waals surface area contributed by atoms with Crippen LogP contribution in [0.4, 0.5) is 5.82 Å². The lowest BCUT2D eigenvalue weighted by Crippen LogP contribution is -1.92. The maximum atomic E-state index is 5.58. The van der Waals surface area contributed by atoms with Crippen molar-refractivity contribution in [1.82, 2.24) is 14.7 Å². The summed E-state index contributed by atoms with van der Waals surface area (Å²) >= 11 is 0. The van der Waals surface area contributed by atoms with E-state index in [2.05, 4.69) is 10.1 Å². The molecule has 0 bridgehead atoms. The van der Waals surface area contributed by atoms with Crippen LogP contribution >= 0.6 is 0 Å². The van der Waals surface area contributed by atoms with Gasteiger partial charge in [-0.2, -0.15) is 0 Å². The Hall–Kier alpha value is -2.30. The third-order valence-corrected chi connectivity index (χ3v) is 2.91. The highest BCUT2D eigenvalue weighted by Gasteiger charge is 2.13. The first-order valence-corrected chi connectivity index (χ1v) is 5.31. The fourth-order valence-corrected chi connectivity index (χ4v) is 2.00. The smallest absolute Gasteiger partial charge is 0.171 e. The molecule has 3 aromatic rings. The Morgan fingerprint density at radius 2 is 2.18 bits per heavy atom. The summed E-state index contributed by atoms with van der Waals surface area (Å²) in [5.41, 5.74) is 8.50. The Bertz CT molecular complexity index is 696. The fraction of sp³-hybridized carbons (Fsp3) is 0.167. The molecule has 5 heteroatoms. The van der Waals surface area contributed by atoms with Crippen molar-refractivity contribution in [3.63, 3.8) is 0 Å². The number of nitrogen functional groups attached to an aromatic ring is 1. The van der Waals surface area contributed by atoms with E-state index >= 15 is 0 Å². The van der Waals surface area contributed by atoms with E-state index in [4.69, 9.17) is 10.3 Å². The predicted octanol–water partition coefficient (Wildman–Crippen LogP) is 2.12. The van der Waals surface area contributed by atoms with Crippen molar-refractivity contribution in [2.24, 2.45) is 7.05 Å². The molecule has 0 atom stereocenters. The van der Waals surface area contributed by atoms with Gasteiger partial charge in [-0.05, 0) is 19.1 Å². The first-order valence-electron chi connectivity index (χ1n) is 5.31. The van der Waals surface area contributed by atoms with Crippen molar-refractivity contribution in [1.29, 1.82) is 0 Å². The van der Waals surface area contributed by atoms with Crippen LogP contribution in [0.1, 0.15) is 5.82 Å². The molecular formula is C12H12N4O. The third-order valence-electron chi connectivity index (χ3n) is 2.91. The van der Waals surface area contributed by atoms with Crippen LogP contribution in [-0.4, -0.2) is 14.7 Å². The minimum atomic E-state index is 0.385. The first-order chi connectivity index (χ1) is 8.16. The largest absolute Gasteiger partial charge is 0.381 e. The van der Waals surface area contributed by atoms with E-state index in [1.165, 1.54) is 0 Å². The molecule has 0 unspecified atom stereocenters. The van der Waals surface area contributed by atoms with Gasteiger partial charge in [0, 0.05) is 18.7 Å². The summed E-state index contributed by atoms with van der Waals surface area (Å²) in [5, 5.41) is 3.71. The Morgan fingerprint density at radius 1 is 1.35 bits per heavy atom. The van der Waals surface area contributed by atoms with Crippen LogP contribution in [0.15, 0.2) is 28.8 Å². The topological polar surface area (TPSA) is 69.9 Å². The number of imidazole rings is 1. The highest BCUT2D eigenvalue weighted by molar-refractivity contribution is 5.91. The molecule has 1 aromatic carbocycles. The summed E-state index contributed by atoms with van der Waals surface area (Å²) in [7, 11) is 1.98. The molecule has 0 saturated carbocycles. The number of nitrogens with zero attached hydrogens (tertiary/aromatic N) is 3. The van der Waals surface area contributed by atoms with E-state index in [1.54, 1.807) is 6.07 Å². The normalized spacial score (nSPS) is 11.2. The van der Waals surface area contributed by atoms with Gasteiger partial charge in [-0.1, -0.05) is 11.2 Å². The zero-order valence-corrected chi connectivity index (χ0v) is 9.64. The number of hydrogen-bond donors (Lipinski definition) is 1. The Kier molecular flexibility index (Phi) is 1.95. The number of aryl methyl sites for hydroxylation is 2. The van der Waals surface area contributed by atoms with Crippen LogP contribution in [0.5, 0.6) is 0 Å². The first kappa shape index (κ1) is 9.89. The average Bonchev–Trinajstić information content (AvgIpc) is 2.85. The fourth-order valence-electron chi connectivity index (χ4n) is 2.00. The average molecular weight is 228 g/mol. The highest BCUT2D eigenvalue weighted by atomic mass is 16.5. The maximum Gasteiger partial charge on any atom is 0.171 e. The molecule has 86 valence electrons. The number of fused-ring (bicyclic) bond motifs is 1. The van der Waals surface area contributed by atoms with E-state index < -0.39 is 0 Å². The number of benzene rings is 1. The molecule has 0 aliphatic carbocycles. The second-order valence-electron chi connectivity index (χ2n) is 4.01. The van der Waals surface area contributed by atoms with E-state index in [1.807, 2.05) is 36.7 Å². The summed E-state index contributed by atoms with van der Waals surface area (Å²) in [6, 6.07) is 7.62. The minimum absolute atomic E-state index is 0.385. The highest BCUT2D eigenvalue weighted by Crippen LogP contribution is 2.29. The van der Waals surface area contributed by atoms with Crippen LogP contribution in [0.2, 0.25) is 0 Å². The van der Waals surface area contributed by atoms with Gasteiger partial charge in [-0.25, -0.2) is 4.98 Å². The van der Waals surface area contributed by atoms with Crippen LogP contribution in [0.25, 0.3) is 22.4 Å². The number of hydrogen-bond acceptors (Lipinski definition) is 4. The molecule has 2 heterocycles. The number of para-hydroxylation sites is 1. The lowest BCUT2D eigenvalue weighted by atomic mass is 10.1. The lowest BCUT2D eigenvalue weighted by Gasteiger charge is -2.01. The van der Waals surface area contributed by atoms with Crippen LogP contribution in [-0.2, 0) is 7.05 Å². The number of rotatable bonds is 1. The zero-order valence-electron chi connectivity index (χ0n) is 9.64. The SMILES string of the molecule is Cc1nc2cccc(-c3cc(N)no3)c2n1C. The monoisotopic (exact) mass is 228 g/mol. The van der Waals surface area contributed by atoms with Gasteiger partial charge in [0.25, 0.3) is 0 Å². The van der Waals surface area contributed by atoms with Gasteiger partial charge in [0.05, 0.1) is 11.0 Å². The van der Waals surface area contributed by atoms with Crippen molar-refractivity contribution >= 4 is 16.9 Å². The molecule has 0 fully saturated rings. The minimum Gasteiger partial charge on any atom is -0.381 e. The third kappa shape index (κ3) is 1.39. The molecule has 17 heavy (non-hydrogen) atoms. The summed E-state index contributed by atoms with van der Waals surface area (Å²) in [4.78, 5) is 4.48. The van der Waals surface area contributed by atoms with E-state index in [0.717, 1.165) is 22.4 Å². The molecule has 0 radical (unpaired) electrons. The van der Waals surface area contributed by atoms with Crippen molar-refractivity contribution < 1.29 is 4.52 Å². The Morgan fingerprint density at radius 3 is 2.88 bits per heavy atom. The summed E-state index contributed by atoms with van der Waals surface area (Å²) in [6.07, 6.45) is 0. The molecule has 0 amide bonds. The quantitative estimate of drug-likeness (QED) is 0.692. The van der Waals surface area contributed by atoms with Crippen molar-refractivity contribution in [2.75, 3.05) is 5.73 Å². The second-order valence-corrected chi connectivity index (χ2v) is 4.01. The van der Waals surface area contributed by atoms with Gasteiger partial charge < -0.3 is 14.8 Å². The molecule has 5 nitrogen and oxygen atoms in total. The van der Waals surface area contributed by atoms with E-state index in [9.17, 15) is 0 Å². The van der Waals surface area contributed by atoms with Gasteiger partial charge >= 0.3 is 0 Å². The summed E-state index contributed by atoms with van der Waals surface area (Å²) < 4.78 is 7.24. The lowest BCUT2D eigenvalue weighted by molar-refractivity contribution is 0.436. The van der Waals surface area contributed by atoms with Crippen molar-refractivity contribution in [3.8, 4) is 11.3 Å². The molecule has 3 rings (SSSR count). The molecule has 0 aliphatic heterocycles. The maximum absolute atomic E-state index is 5.58. The Labute approximate surface area is 97.8 Å². The molecule has 2 N–H and O–H groups in total. The van der Waals surface area contributed by atoms with Crippen molar-refractivity contribution in [2.45, 2.75) is 6.92 Å². The molecule has 0 aliphatic rings. The van der Waals surface area contributed by atoms with Gasteiger partial charge in [0.2, 0.25) is 0 Å². The molecule has 2 aromatic heterocycles. The molecule has 0 spiro atoms.